The SMILES string of the molecule is CCS(=O)(=O)Nc1ccc(C#N)cc1N. The van der Waals surface area contributed by atoms with Crippen LogP contribution in [0.15, 0.2) is 18.2 Å². The van der Waals surface area contributed by atoms with Gasteiger partial charge in [0.2, 0.25) is 10.0 Å². The molecule has 0 unspecified atom stereocenters. The van der Waals surface area contributed by atoms with Gasteiger partial charge in [-0.25, -0.2) is 8.42 Å². The van der Waals surface area contributed by atoms with E-state index in [0.29, 0.717) is 11.3 Å². The van der Waals surface area contributed by atoms with E-state index in [9.17, 15) is 8.42 Å². The smallest absolute Gasteiger partial charge is 0.232 e. The van der Waals surface area contributed by atoms with Gasteiger partial charge in [-0.15, -0.1) is 0 Å². The molecule has 15 heavy (non-hydrogen) atoms. The number of rotatable bonds is 3. The lowest BCUT2D eigenvalue weighted by Gasteiger charge is -2.08. The number of nitrogen functional groups attached to an aromatic ring is 1. The maximum absolute atomic E-state index is 11.2. The van der Waals surface area contributed by atoms with Crippen LogP contribution in [-0.2, 0) is 10.0 Å². The average Bonchev–Trinajstić information content (AvgIpc) is 2.21. The highest BCUT2D eigenvalue weighted by Crippen LogP contribution is 2.20. The van der Waals surface area contributed by atoms with Gasteiger partial charge in [-0.3, -0.25) is 4.72 Å². The summed E-state index contributed by atoms with van der Waals surface area (Å²) in [6.07, 6.45) is 0. The van der Waals surface area contributed by atoms with E-state index in [1.165, 1.54) is 25.1 Å². The molecule has 0 aromatic heterocycles. The van der Waals surface area contributed by atoms with Crippen molar-refractivity contribution in [2.24, 2.45) is 0 Å². The molecule has 80 valence electrons. The number of sulfonamides is 1. The van der Waals surface area contributed by atoms with Gasteiger partial charge in [-0.1, -0.05) is 0 Å². The van der Waals surface area contributed by atoms with Crippen molar-refractivity contribution in [2.45, 2.75) is 6.92 Å². The number of nitrogens with two attached hydrogens (primary N) is 1. The maximum atomic E-state index is 11.2. The van der Waals surface area contributed by atoms with Crippen LogP contribution in [0.25, 0.3) is 0 Å². The van der Waals surface area contributed by atoms with Crippen molar-refractivity contribution in [1.82, 2.24) is 0 Å². The molecule has 0 fully saturated rings. The highest BCUT2D eigenvalue weighted by Gasteiger charge is 2.09. The van der Waals surface area contributed by atoms with E-state index in [4.69, 9.17) is 11.0 Å². The number of benzene rings is 1. The highest BCUT2D eigenvalue weighted by molar-refractivity contribution is 7.92. The summed E-state index contributed by atoms with van der Waals surface area (Å²) >= 11 is 0. The number of nitrogens with one attached hydrogen (secondary N) is 1. The van der Waals surface area contributed by atoms with Crippen LogP contribution in [0, 0.1) is 11.3 Å². The molecule has 1 aromatic carbocycles. The second-order valence-corrected chi connectivity index (χ2v) is 4.93. The number of anilines is 2. The fourth-order valence-electron chi connectivity index (χ4n) is 0.965. The lowest BCUT2D eigenvalue weighted by molar-refractivity contribution is 0.602. The van der Waals surface area contributed by atoms with E-state index >= 15 is 0 Å². The van der Waals surface area contributed by atoms with Crippen LogP contribution < -0.4 is 10.5 Å². The molecular weight excluding hydrogens is 214 g/mol. The van der Waals surface area contributed by atoms with Gasteiger partial charge in [0.1, 0.15) is 0 Å². The number of nitrogens with zero attached hydrogens (tertiary/aromatic N) is 1. The van der Waals surface area contributed by atoms with Gasteiger partial charge in [0.25, 0.3) is 0 Å². The third kappa shape index (κ3) is 2.86. The van der Waals surface area contributed by atoms with E-state index in [0.717, 1.165) is 0 Å². The normalized spacial score (nSPS) is 10.7. The number of hydrogen-bond acceptors (Lipinski definition) is 4. The Bertz CT molecular complexity index is 503. The second kappa shape index (κ2) is 4.19. The Morgan fingerprint density at radius 2 is 2.20 bits per heavy atom. The first-order valence-corrected chi connectivity index (χ1v) is 5.94. The maximum Gasteiger partial charge on any atom is 0.232 e. The molecule has 0 spiro atoms. The van der Waals surface area contributed by atoms with Crippen molar-refractivity contribution < 1.29 is 8.42 Å². The van der Waals surface area contributed by atoms with Crippen LogP contribution in [0.1, 0.15) is 12.5 Å². The van der Waals surface area contributed by atoms with Crippen LogP contribution in [0.3, 0.4) is 0 Å². The quantitative estimate of drug-likeness (QED) is 0.747. The minimum atomic E-state index is -3.33. The molecule has 0 radical (unpaired) electrons. The predicted molar refractivity (Wildman–Crippen MR) is 58.7 cm³/mol. The zero-order valence-corrected chi connectivity index (χ0v) is 9.00. The van der Waals surface area contributed by atoms with Crippen LogP contribution in [0.5, 0.6) is 0 Å². The minimum absolute atomic E-state index is 0.0214. The first-order chi connectivity index (χ1) is 6.98. The summed E-state index contributed by atoms with van der Waals surface area (Å²) in [7, 11) is -3.33. The van der Waals surface area contributed by atoms with Crippen LogP contribution in [0.4, 0.5) is 11.4 Å². The topological polar surface area (TPSA) is 96.0 Å². The molecular formula is C9H11N3O2S. The Hall–Kier alpha value is -1.74. The number of nitriles is 1. The third-order valence-electron chi connectivity index (χ3n) is 1.83. The third-order valence-corrected chi connectivity index (χ3v) is 3.12. The zero-order valence-electron chi connectivity index (χ0n) is 8.19. The van der Waals surface area contributed by atoms with Crippen molar-refractivity contribution in [3.05, 3.63) is 23.8 Å². The number of hydrogen-bond donors (Lipinski definition) is 2. The van der Waals surface area contributed by atoms with Gasteiger partial charge < -0.3 is 5.73 Å². The standard InChI is InChI=1S/C9H11N3O2S/c1-2-15(13,14)12-9-4-3-7(6-10)5-8(9)11/h3-5,12H,2,11H2,1H3. The molecule has 1 rings (SSSR count). The second-order valence-electron chi connectivity index (χ2n) is 2.92. The van der Waals surface area contributed by atoms with Crippen LogP contribution >= 0.6 is 0 Å². The summed E-state index contributed by atoms with van der Waals surface area (Å²) in [6, 6.07) is 6.32. The van der Waals surface area contributed by atoms with Crippen molar-refractivity contribution >= 4 is 21.4 Å². The molecule has 0 aliphatic carbocycles. The summed E-state index contributed by atoms with van der Waals surface area (Å²) in [4.78, 5) is 0. The van der Waals surface area contributed by atoms with Crippen molar-refractivity contribution in [3.63, 3.8) is 0 Å². The molecule has 0 saturated heterocycles. The van der Waals surface area contributed by atoms with Gasteiger partial charge in [0.15, 0.2) is 0 Å². The summed E-state index contributed by atoms with van der Waals surface area (Å²) in [5.74, 6) is -0.0214. The first-order valence-electron chi connectivity index (χ1n) is 4.28. The Kier molecular flexibility index (Phi) is 3.17. The summed E-state index contributed by atoms with van der Waals surface area (Å²) < 4.78 is 24.8. The molecule has 0 atom stereocenters. The summed E-state index contributed by atoms with van der Waals surface area (Å²) in [5.41, 5.74) is 6.52. The fourth-order valence-corrected chi connectivity index (χ4v) is 1.63. The Morgan fingerprint density at radius 3 is 2.67 bits per heavy atom. The van der Waals surface area contributed by atoms with E-state index in [1.54, 1.807) is 0 Å². The van der Waals surface area contributed by atoms with Gasteiger partial charge in [-0.2, -0.15) is 5.26 Å². The predicted octanol–water partition coefficient (Wildman–Crippen LogP) is 0.902. The molecule has 0 amide bonds. The van der Waals surface area contributed by atoms with E-state index < -0.39 is 10.0 Å². The van der Waals surface area contributed by atoms with E-state index in [1.807, 2.05) is 6.07 Å². The Morgan fingerprint density at radius 1 is 1.53 bits per heavy atom. The van der Waals surface area contributed by atoms with E-state index in [-0.39, 0.29) is 11.4 Å². The molecule has 0 bridgehead atoms. The molecule has 0 aliphatic heterocycles. The lowest BCUT2D eigenvalue weighted by atomic mass is 10.2. The van der Waals surface area contributed by atoms with Crippen molar-refractivity contribution in [3.8, 4) is 6.07 Å². The van der Waals surface area contributed by atoms with E-state index in [2.05, 4.69) is 4.72 Å². The van der Waals surface area contributed by atoms with Crippen LogP contribution in [-0.4, -0.2) is 14.2 Å². The molecule has 0 aliphatic rings. The van der Waals surface area contributed by atoms with Gasteiger partial charge in [0.05, 0.1) is 28.8 Å². The summed E-state index contributed by atoms with van der Waals surface area (Å²) in [5, 5.41) is 8.59. The summed E-state index contributed by atoms with van der Waals surface area (Å²) in [6.45, 7) is 1.53. The van der Waals surface area contributed by atoms with Crippen molar-refractivity contribution in [1.29, 1.82) is 5.26 Å². The fraction of sp³-hybridized carbons (Fsp3) is 0.222. The van der Waals surface area contributed by atoms with Crippen molar-refractivity contribution in [2.75, 3.05) is 16.2 Å². The molecule has 5 nitrogen and oxygen atoms in total. The zero-order chi connectivity index (χ0) is 11.5. The molecule has 1 aromatic rings. The average molecular weight is 225 g/mol. The van der Waals surface area contributed by atoms with Gasteiger partial charge in [0, 0.05) is 0 Å². The molecule has 0 heterocycles. The molecule has 3 N–H and O–H groups in total. The minimum Gasteiger partial charge on any atom is -0.397 e. The Balaban J connectivity index is 3.04. The lowest BCUT2D eigenvalue weighted by Crippen LogP contribution is -2.15. The first kappa shape index (κ1) is 11.3. The van der Waals surface area contributed by atoms with Gasteiger partial charge >= 0.3 is 0 Å². The Labute approximate surface area is 88.6 Å². The molecule has 6 heteroatoms. The van der Waals surface area contributed by atoms with Gasteiger partial charge in [-0.05, 0) is 25.1 Å². The largest absolute Gasteiger partial charge is 0.397 e. The highest BCUT2D eigenvalue weighted by atomic mass is 32.2. The monoisotopic (exact) mass is 225 g/mol. The van der Waals surface area contributed by atoms with Crippen LogP contribution in [0.2, 0.25) is 0 Å². The molecule has 0 saturated carbocycles.